The van der Waals surface area contributed by atoms with Crippen LogP contribution in [0.1, 0.15) is 33.1 Å². The van der Waals surface area contributed by atoms with Gasteiger partial charge in [-0.3, -0.25) is 9.59 Å². The van der Waals surface area contributed by atoms with E-state index in [1.54, 1.807) is 6.92 Å². The zero-order valence-electron chi connectivity index (χ0n) is 10.6. The molecule has 2 N–H and O–H groups in total. The Bertz CT molecular complexity index is 438. The summed E-state index contributed by atoms with van der Waals surface area (Å²) < 4.78 is 24.1. The molecule has 6 nitrogen and oxygen atoms in total. The van der Waals surface area contributed by atoms with E-state index in [1.807, 2.05) is 0 Å². The molecule has 1 aliphatic rings. The molecule has 0 heterocycles. The molecule has 0 spiro atoms. The van der Waals surface area contributed by atoms with Gasteiger partial charge in [-0.25, -0.2) is 8.42 Å². The van der Waals surface area contributed by atoms with Crippen molar-refractivity contribution in [1.82, 2.24) is 5.32 Å². The van der Waals surface area contributed by atoms with Gasteiger partial charge in [0.15, 0.2) is 9.84 Å². The number of carbonyl (C=O) groups is 2. The van der Waals surface area contributed by atoms with Gasteiger partial charge >= 0.3 is 5.97 Å². The lowest BCUT2D eigenvalue weighted by molar-refractivity contribution is -0.138. The van der Waals surface area contributed by atoms with Crippen molar-refractivity contribution < 1.29 is 23.1 Å². The van der Waals surface area contributed by atoms with Crippen molar-refractivity contribution in [2.75, 3.05) is 12.3 Å². The lowest BCUT2D eigenvalue weighted by Gasteiger charge is -2.17. The molecule has 7 heteroatoms. The minimum atomic E-state index is -3.60. The van der Waals surface area contributed by atoms with Gasteiger partial charge in [-0.2, -0.15) is 0 Å². The highest BCUT2D eigenvalue weighted by Gasteiger charge is 2.49. The van der Waals surface area contributed by atoms with Crippen molar-refractivity contribution in [1.29, 1.82) is 0 Å². The normalized spacial score (nSPS) is 19.0. The van der Waals surface area contributed by atoms with Gasteiger partial charge < -0.3 is 10.4 Å². The quantitative estimate of drug-likeness (QED) is 0.691. The molecule has 1 atom stereocenters. The van der Waals surface area contributed by atoms with Gasteiger partial charge in [-0.15, -0.1) is 0 Å². The van der Waals surface area contributed by atoms with E-state index in [2.05, 4.69) is 5.32 Å². The lowest BCUT2D eigenvalue weighted by atomic mass is 10.1. The molecule has 1 amide bonds. The summed E-state index contributed by atoms with van der Waals surface area (Å²) in [6, 6.07) is 0. The third-order valence-corrected chi connectivity index (χ3v) is 5.56. The van der Waals surface area contributed by atoms with E-state index in [1.165, 1.54) is 6.92 Å². The van der Waals surface area contributed by atoms with Crippen LogP contribution in [0.25, 0.3) is 0 Å². The predicted octanol–water partition coefficient (Wildman–Crippen LogP) is 0.181. The van der Waals surface area contributed by atoms with Gasteiger partial charge in [0, 0.05) is 6.54 Å². The Morgan fingerprint density at radius 2 is 1.94 bits per heavy atom. The molecule has 0 aromatic carbocycles. The molecule has 0 radical (unpaired) electrons. The van der Waals surface area contributed by atoms with Crippen molar-refractivity contribution >= 4 is 21.7 Å². The van der Waals surface area contributed by atoms with Crippen LogP contribution in [0.3, 0.4) is 0 Å². The number of hydrogen-bond acceptors (Lipinski definition) is 4. The maximum Gasteiger partial charge on any atom is 0.303 e. The van der Waals surface area contributed by atoms with E-state index in [4.69, 9.17) is 5.11 Å². The molecule has 1 saturated carbocycles. The fraction of sp³-hybridized carbons (Fsp3) is 0.818. The number of sulfone groups is 1. The second-order valence-electron chi connectivity index (χ2n) is 4.91. The third kappa shape index (κ3) is 3.69. The fourth-order valence-electron chi connectivity index (χ4n) is 1.90. The Labute approximate surface area is 107 Å². The van der Waals surface area contributed by atoms with Gasteiger partial charge in [0.05, 0.1) is 12.2 Å². The summed E-state index contributed by atoms with van der Waals surface area (Å²) in [4.78, 5) is 22.2. The van der Waals surface area contributed by atoms with E-state index in [0.29, 0.717) is 19.4 Å². The van der Waals surface area contributed by atoms with Crippen LogP contribution in [0.2, 0.25) is 0 Å². The number of amides is 1. The highest BCUT2D eigenvalue weighted by atomic mass is 32.2. The second-order valence-corrected chi connectivity index (χ2v) is 7.24. The van der Waals surface area contributed by atoms with Crippen molar-refractivity contribution in [3.8, 4) is 0 Å². The van der Waals surface area contributed by atoms with Gasteiger partial charge in [-0.1, -0.05) is 0 Å². The van der Waals surface area contributed by atoms with E-state index in [0.717, 1.165) is 0 Å². The largest absolute Gasteiger partial charge is 0.481 e. The average Bonchev–Trinajstić information content (AvgIpc) is 2.94. The SMILES string of the molecule is CCNC(=O)C(C)S(=O)(=O)CC1(CC(=O)O)CC1. The molecule has 1 fully saturated rings. The van der Waals surface area contributed by atoms with Crippen LogP contribution in [-0.4, -0.2) is 42.9 Å². The van der Waals surface area contributed by atoms with Crippen LogP contribution >= 0.6 is 0 Å². The molecule has 0 aromatic heterocycles. The van der Waals surface area contributed by atoms with E-state index in [9.17, 15) is 18.0 Å². The number of nitrogens with one attached hydrogen (secondary N) is 1. The number of carboxylic acid groups (broad SMARTS) is 1. The van der Waals surface area contributed by atoms with Crippen molar-refractivity contribution in [3.63, 3.8) is 0 Å². The number of rotatable bonds is 7. The summed E-state index contributed by atoms with van der Waals surface area (Å²) in [5, 5.41) is 10.1. The Morgan fingerprint density at radius 3 is 2.33 bits per heavy atom. The third-order valence-electron chi connectivity index (χ3n) is 3.25. The van der Waals surface area contributed by atoms with E-state index < -0.39 is 32.4 Å². The smallest absolute Gasteiger partial charge is 0.303 e. The van der Waals surface area contributed by atoms with Gasteiger partial charge in [-0.05, 0) is 32.1 Å². The summed E-state index contributed by atoms with van der Waals surface area (Å²) in [5.41, 5.74) is -0.647. The molecule has 0 saturated heterocycles. The molecular weight excluding hydrogens is 258 g/mol. The molecule has 18 heavy (non-hydrogen) atoms. The first-order chi connectivity index (χ1) is 8.22. The summed E-state index contributed by atoms with van der Waals surface area (Å²) in [6.07, 6.45) is 1.05. The number of hydrogen-bond donors (Lipinski definition) is 2. The monoisotopic (exact) mass is 277 g/mol. The minimum absolute atomic E-state index is 0.144. The Hall–Kier alpha value is -1.11. The maximum atomic E-state index is 12.0. The van der Waals surface area contributed by atoms with Crippen molar-refractivity contribution in [2.45, 2.75) is 38.4 Å². The topological polar surface area (TPSA) is 101 Å². The first kappa shape index (κ1) is 14.9. The van der Waals surface area contributed by atoms with Crippen LogP contribution in [0, 0.1) is 5.41 Å². The van der Waals surface area contributed by atoms with Crippen LogP contribution in [0.5, 0.6) is 0 Å². The molecule has 1 aliphatic carbocycles. The summed E-state index contributed by atoms with van der Waals surface area (Å²) >= 11 is 0. The van der Waals surface area contributed by atoms with Crippen LogP contribution in [0.4, 0.5) is 0 Å². The van der Waals surface area contributed by atoms with Crippen molar-refractivity contribution in [2.24, 2.45) is 5.41 Å². The number of carboxylic acids is 1. The molecule has 0 bridgehead atoms. The Morgan fingerprint density at radius 1 is 1.39 bits per heavy atom. The number of carbonyl (C=O) groups excluding carboxylic acids is 1. The van der Waals surface area contributed by atoms with Gasteiger partial charge in [0.1, 0.15) is 5.25 Å². The summed E-state index contributed by atoms with van der Waals surface area (Å²) in [6.45, 7) is 3.43. The van der Waals surface area contributed by atoms with Crippen LogP contribution in [0.15, 0.2) is 0 Å². The zero-order valence-corrected chi connectivity index (χ0v) is 11.4. The first-order valence-corrected chi connectivity index (χ1v) is 7.65. The highest BCUT2D eigenvalue weighted by molar-refractivity contribution is 7.92. The van der Waals surface area contributed by atoms with Gasteiger partial charge in [0.25, 0.3) is 0 Å². The summed E-state index contributed by atoms with van der Waals surface area (Å²) in [7, 11) is -3.60. The Balaban J connectivity index is 2.70. The molecule has 0 aliphatic heterocycles. The van der Waals surface area contributed by atoms with Crippen LogP contribution in [-0.2, 0) is 19.4 Å². The molecule has 1 unspecified atom stereocenters. The standard InChI is InChI=1S/C11H19NO5S/c1-3-12-10(15)8(2)18(16,17)7-11(4-5-11)6-9(13)14/h8H,3-7H2,1-2H3,(H,12,15)(H,13,14). The molecular formula is C11H19NO5S. The van der Waals surface area contributed by atoms with Crippen LogP contribution < -0.4 is 5.32 Å². The minimum Gasteiger partial charge on any atom is -0.481 e. The lowest BCUT2D eigenvalue weighted by Crippen LogP contribution is -2.40. The highest BCUT2D eigenvalue weighted by Crippen LogP contribution is 2.50. The molecule has 104 valence electrons. The second kappa shape index (κ2) is 5.26. The van der Waals surface area contributed by atoms with Gasteiger partial charge in [0.2, 0.25) is 5.91 Å². The maximum absolute atomic E-state index is 12.0. The molecule has 0 aromatic rings. The Kier molecular flexibility index (Phi) is 4.37. The van der Waals surface area contributed by atoms with E-state index >= 15 is 0 Å². The fourth-order valence-corrected chi connectivity index (χ4v) is 3.81. The molecule has 1 rings (SSSR count). The van der Waals surface area contributed by atoms with Crippen molar-refractivity contribution in [3.05, 3.63) is 0 Å². The number of aliphatic carboxylic acids is 1. The zero-order chi connectivity index (χ0) is 14.0. The van der Waals surface area contributed by atoms with E-state index in [-0.39, 0.29) is 12.2 Å². The average molecular weight is 277 g/mol. The predicted molar refractivity (Wildman–Crippen MR) is 65.9 cm³/mol. The first-order valence-electron chi connectivity index (χ1n) is 5.93. The summed E-state index contributed by atoms with van der Waals surface area (Å²) in [5.74, 6) is -1.73.